The van der Waals surface area contributed by atoms with E-state index in [2.05, 4.69) is 5.32 Å². The third-order valence-electron chi connectivity index (χ3n) is 5.91. The van der Waals surface area contributed by atoms with E-state index < -0.39 is 5.60 Å². The van der Waals surface area contributed by atoms with Crippen LogP contribution in [0.2, 0.25) is 10.0 Å². The summed E-state index contributed by atoms with van der Waals surface area (Å²) in [4.78, 5) is 27.4. The number of halogens is 2. The van der Waals surface area contributed by atoms with Crippen molar-refractivity contribution in [2.75, 3.05) is 25.5 Å². The maximum Gasteiger partial charge on any atom is 0.410 e. The van der Waals surface area contributed by atoms with Gasteiger partial charge in [0.05, 0.1) is 22.7 Å². The fourth-order valence-electron chi connectivity index (χ4n) is 4.34. The number of ether oxygens (including phenoxy) is 2. The van der Waals surface area contributed by atoms with Crippen molar-refractivity contribution in [3.63, 3.8) is 0 Å². The highest BCUT2D eigenvalue weighted by molar-refractivity contribution is 6.42. The first-order valence-corrected chi connectivity index (χ1v) is 12.2. The second-order valence-corrected chi connectivity index (χ2v) is 10.4. The molecule has 0 fully saturated rings. The Morgan fingerprint density at radius 3 is 2.34 bits per heavy atom. The molecule has 0 bridgehead atoms. The Morgan fingerprint density at radius 2 is 1.69 bits per heavy atom. The first kappa shape index (κ1) is 25.2. The van der Waals surface area contributed by atoms with Crippen LogP contribution >= 0.6 is 23.2 Å². The Morgan fingerprint density at radius 1 is 1.03 bits per heavy atom. The number of aromatic nitrogens is 1. The number of nitrogens with zero attached hydrogens (tertiary/aromatic N) is 2. The van der Waals surface area contributed by atoms with Crippen molar-refractivity contribution in [2.45, 2.75) is 45.8 Å². The number of carbonyl (C=O) groups is 2. The van der Waals surface area contributed by atoms with Crippen LogP contribution in [0.5, 0.6) is 5.75 Å². The Labute approximate surface area is 214 Å². The molecular weight excluding hydrogens is 489 g/mol. The summed E-state index contributed by atoms with van der Waals surface area (Å²) < 4.78 is 12.7. The Bertz CT molecular complexity index is 1260. The summed E-state index contributed by atoms with van der Waals surface area (Å²) in [6.45, 7) is 6.66. The smallest absolute Gasteiger partial charge is 0.410 e. The molecule has 3 aromatic rings. The van der Waals surface area contributed by atoms with Crippen LogP contribution in [0.25, 0.3) is 10.9 Å². The van der Waals surface area contributed by atoms with E-state index in [0.717, 1.165) is 22.2 Å². The van der Waals surface area contributed by atoms with E-state index in [1.54, 1.807) is 42.3 Å². The zero-order chi connectivity index (χ0) is 25.3. The van der Waals surface area contributed by atoms with Crippen molar-refractivity contribution >= 4 is 51.8 Å². The lowest BCUT2D eigenvalue weighted by Crippen LogP contribution is -2.38. The lowest BCUT2D eigenvalue weighted by molar-refractivity contribution is -0.116. The fraction of sp³-hybridized carbons (Fsp3) is 0.385. The Balaban J connectivity index is 1.63. The molecule has 7 nitrogen and oxygen atoms in total. The van der Waals surface area contributed by atoms with Gasteiger partial charge >= 0.3 is 6.09 Å². The van der Waals surface area contributed by atoms with Gasteiger partial charge in [0.2, 0.25) is 5.91 Å². The molecule has 186 valence electrons. The molecule has 0 aliphatic carbocycles. The van der Waals surface area contributed by atoms with Gasteiger partial charge in [-0.1, -0.05) is 23.2 Å². The molecule has 1 N–H and O–H groups in total. The van der Waals surface area contributed by atoms with Crippen molar-refractivity contribution in [1.82, 2.24) is 9.47 Å². The minimum atomic E-state index is -0.567. The van der Waals surface area contributed by atoms with Gasteiger partial charge in [0, 0.05) is 36.3 Å². The number of nitrogens with one attached hydrogen (secondary N) is 1. The number of rotatable bonds is 4. The van der Waals surface area contributed by atoms with Gasteiger partial charge in [-0.2, -0.15) is 0 Å². The molecule has 2 amide bonds. The molecule has 0 atom stereocenters. The summed E-state index contributed by atoms with van der Waals surface area (Å²) in [6, 6.07) is 10.8. The van der Waals surface area contributed by atoms with Crippen molar-refractivity contribution in [3.8, 4) is 5.75 Å². The standard InChI is InChI=1S/C26H29Cl2N3O4/c1-26(2,3)35-25(33)30-11-9-18-19-13-20(27)21(28)14-23(19)31(22(18)10-12-30)15-24(32)29-16-5-7-17(34-4)8-6-16/h5-8,13-14H,9-12,15H2,1-4H3,(H,29,32). The van der Waals surface area contributed by atoms with Gasteiger partial charge in [-0.05, 0) is 69.2 Å². The fourth-order valence-corrected chi connectivity index (χ4v) is 4.66. The van der Waals surface area contributed by atoms with E-state index in [9.17, 15) is 9.59 Å². The highest BCUT2D eigenvalue weighted by atomic mass is 35.5. The summed E-state index contributed by atoms with van der Waals surface area (Å²) in [5.41, 5.74) is 3.02. The molecule has 35 heavy (non-hydrogen) atoms. The van der Waals surface area contributed by atoms with Gasteiger partial charge in [0.15, 0.2) is 0 Å². The topological polar surface area (TPSA) is 72.8 Å². The average molecular weight is 518 g/mol. The van der Waals surface area contributed by atoms with Gasteiger partial charge in [0.25, 0.3) is 0 Å². The maximum absolute atomic E-state index is 13.0. The molecule has 1 aliphatic heterocycles. The quantitative estimate of drug-likeness (QED) is 0.465. The van der Waals surface area contributed by atoms with E-state index >= 15 is 0 Å². The van der Waals surface area contributed by atoms with Gasteiger partial charge in [-0.25, -0.2) is 4.79 Å². The Hall–Kier alpha value is -2.90. The number of fused-ring (bicyclic) bond motifs is 3. The van der Waals surface area contributed by atoms with E-state index in [4.69, 9.17) is 32.7 Å². The number of benzene rings is 2. The third kappa shape index (κ3) is 5.68. The summed E-state index contributed by atoms with van der Waals surface area (Å²) in [5.74, 6) is 0.542. The molecule has 0 spiro atoms. The molecule has 9 heteroatoms. The monoisotopic (exact) mass is 517 g/mol. The molecule has 1 aliphatic rings. The normalized spacial score (nSPS) is 13.8. The van der Waals surface area contributed by atoms with Gasteiger partial charge in [0.1, 0.15) is 17.9 Å². The van der Waals surface area contributed by atoms with Crippen LogP contribution in [0.1, 0.15) is 32.0 Å². The predicted molar refractivity (Wildman–Crippen MR) is 139 cm³/mol. The van der Waals surface area contributed by atoms with Crippen LogP contribution < -0.4 is 10.1 Å². The summed E-state index contributed by atoms with van der Waals surface area (Å²) >= 11 is 12.7. The van der Waals surface area contributed by atoms with Gasteiger partial charge in [-0.15, -0.1) is 0 Å². The molecule has 0 saturated heterocycles. The van der Waals surface area contributed by atoms with Crippen LogP contribution in [0.4, 0.5) is 10.5 Å². The van der Waals surface area contributed by atoms with E-state index in [1.165, 1.54) is 0 Å². The highest BCUT2D eigenvalue weighted by Gasteiger charge is 2.28. The first-order chi connectivity index (χ1) is 16.6. The number of carbonyl (C=O) groups excluding carboxylic acids is 2. The van der Waals surface area contributed by atoms with Gasteiger partial charge in [-0.3, -0.25) is 4.79 Å². The lowest BCUT2D eigenvalue weighted by atomic mass is 10.1. The first-order valence-electron chi connectivity index (χ1n) is 11.5. The largest absolute Gasteiger partial charge is 0.497 e. The lowest BCUT2D eigenvalue weighted by Gasteiger charge is -2.26. The molecule has 0 unspecified atom stereocenters. The number of anilines is 1. The number of methoxy groups -OCH3 is 1. The number of hydrogen-bond donors (Lipinski definition) is 1. The molecule has 4 rings (SSSR count). The van der Waals surface area contributed by atoms with Crippen molar-refractivity contribution in [3.05, 3.63) is 57.7 Å². The third-order valence-corrected chi connectivity index (χ3v) is 6.63. The molecular formula is C26H29Cl2N3O4. The highest BCUT2D eigenvalue weighted by Crippen LogP contribution is 2.35. The van der Waals surface area contributed by atoms with Crippen molar-refractivity contribution in [1.29, 1.82) is 0 Å². The van der Waals surface area contributed by atoms with Crippen molar-refractivity contribution < 1.29 is 19.1 Å². The summed E-state index contributed by atoms with van der Waals surface area (Å²) in [7, 11) is 1.60. The SMILES string of the molecule is COc1ccc(NC(=O)Cn2c3c(c4cc(Cl)c(Cl)cc42)CCN(C(=O)OC(C)(C)C)CC3)cc1. The van der Waals surface area contributed by atoms with Crippen LogP contribution in [-0.2, 0) is 28.9 Å². The number of hydrogen-bond acceptors (Lipinski definition) is 4. The molecule has 2 aromatic carbocycles. The zero-order valence-electron chi connectivity index (χ0n) is 20.3. The van der Waals surface area contributed by atoms with E-state index in [1.807, 2.05) is 31.4 Å². The van der Waals surface area contributed by atoms with Crippen LogP contribution in [0.3, 0.4) is 0 Å². The second-order valence-electron chi connectivity index (χ2n) is 9.54. The van der Waals surface area contributed by atoms with Crippen LogP contribution in [0, 0.1) is 0 Å². The second kappa shape index (κ2) is 9.99. The van der Waals surface area contributed by atoms with Crippen molar-refractivity contribution in [2.24, 2.45) is 0 Å². The summed E-state index contributed by atoms with van der Waals surface area (Å²) in [5, 5.41) is 4.76. The molecule has 0 saturated carbocycles. The minimum Gasteiger partial charge on any atom is -0.497 e. The minimum absolute atomic E-state index is 0.0995. The molecule has 0 radical (unpaired) electrons. The zero-order valence-corrected chi connectivity index (χ0v) is 21.8. The van der Waals surface area contributed by atoms with E-state index in [0.29, 0.717) is 47.4 Å². The Kier molecular flexibility index (Phi) is 7.20. The molecule has 1 aromatic heterocycles. The maximum atomic E-state index is 13.0. The van der Waals surface area contributed by atoms with Crippen LogP contribution in [0.15, 0.2) is 36.4 Å². The predicted octanol–water partition coefficient (Wildman–Crippen LogP) is 5.93. The number of amides is 2. The average Bonchev–Trinajstić information content (AvgIpc) is 2.93. The van der Waals surface area contributed by atoms with E-state index in [-0.39, 0.29) is 18.5 Å². The van der Waals surface area contributed by atoms with Crippen LogP contribution in [-0.4, -0.2) is 47.3 Å². The molecule has 2 heterocycles. The van der Waals surface area contributed by atoms with Gasteiger partial charge < -0.3 is 24.3 Å². The summed E-state index contributed by atoms with van der Waals surface area (Å²) in [6.07, 6.45) is 0.863.